The standard InChI is InChI=1S/C13H10BrN5OS/c1-8-4-10(2-3-11(8)19-7-15-17-18-19)16-13(20)9-5-12(14)21-6-9/h2-7H,1H3,(H,16,20). The van der Waals surface area contributed by atoms with Crippen LogP contribution in [-0.4, -0.2) is 26.1 Å². The van der Waals surface area contributed by atoms with E-state index in [0.29, 0.717) is 5.56 Å². The first-order valence-corrected chi connectivity index (χ1v) is 7.70. The molecule has 0 saturated carbocycles. The summed E-state index contributed by atoms with van der Waals surface area (Å²) >= 11 is 4.82. The number of rotatable bonds is 3. The molecule has 0 fully saturated rings. The van der Waals surface area contributed by atoms with Crippen molar-refractivity contribution >= 4 is 38.9 Å². The van der Waals surface area contributed by atoms with Gasteiger partial charge in [0, 0.05) is 11.1 Å². The number of aryl methyl sites for hydroxylation is 1. The number of anilines is 1. The van der Waals surface area contributed by atoms with Crippen molar-refractivity contribution in [2.75, 3.05) is 5.32 Å². The summed E-state index contributed by atoms with van der Waals surface area (Å²) in [5, 5.41) is 15.8. The maximum atomic E-state index is 12.1. The summed E-state index contributed by atoms with van der Waals surface area (Å²) in [6, 6.07) is 7.37. The molecule has 1 amide bonds. The topological polar surface area (TPSA) is 72.7 Å². The lowest BCUT2D eigenvalue weighted by atomic mass is 10.1. The molecule has 0 radical (unpaired) electrons. The Hall–Kier alpha value is -2.06. The minimum absolute atomic E-state index is 0.133. The summed E-state index contributed by atoms with van der Waals surface area (Å²) in [6.07, 6.45) is 1.53. The molecular weight excluding hydrogens is 354 g/mol. The average Bonchev–Trinajstić information content (AvgIpc) is 3.10. The maximum absolute atomic E-state index is 12.1. The van der Waals surface area contributed by atoms with Crippen LogP contribution < -0.4 is 5.32 Å². The first-order valence-electron chi connectivity index (χ1n) is 6.03. The van der Waals surface area contributed by atoms with Crippen molar-refractivity contribution in [1.82, 2.24) is 20.2 Å². The maximum Gasteiger partial charge on any atom is 0.256 e. The normalized spacial score (nSPS) is 10.6. The third-order valence-electron chi connectivity index (χ3n) is 2.88. The molecule has 6 nitrogen and oxygen atoms in total. The number of halogens is 1. The third kappa shape index (κ3) is 3.01. The molecule has 0 atom stereocenters. The second kappa shape index (κ2) is 5.74. The third-order valence-corrected chi connectivity index (χ3v) is 4.38. The van der Waals surface area contributed by atoms with E-state index in [4.69, 9.17) is 0 Å². The van der Waals surface area contributed by atoms with Gasteiger partial charge in [-0.2, -0.15) is 0 Å². The molecule has 0 aliphatic carbocycles. The first kappa shape index (κ1) is 13.9. The molecule has 2 heterocycles. The van der Waals surface area contributed by atoms with E-state index in [9.17, 15) is 4.79 Å². The highest BCUT2D eigenvalue weighted by Gasteiger charge is 2.10. The zero-order chi connectivity index (χ0) is 14.8. The number of nitrogens with zero attached hydrogens (tertiary/aromatic N) is 4. The Labute approximate surface area is 132 Å². The number of amides is 1. The van der Waals surface area contributed by atoms with E-state index in [0.717, 1.165) is 20.7 Å². The van der Waals surface area contributed by atoms with Crippen LogP contribution in [0.15, 0.2) is 39.8 Å². The fraction of sp³-hybridized carbons (Fsp3) is 0.0769. The molecule has 1 aromatic carbocycles. The Balaban J connectivity index is 1.81. The molecule has 2 aromatic heterocycles. The van der Waals surface area contributed by atoms with E-state index < -0.39 is 0 Å². The molecule has 0 unspecified atom stereocenters. The largest absolute Gasteiger partial charge is 0.322 e. The van der Waals surface area contributed by atoms with Gasteiger partial charge in [0.05, 0.1) is 15.0 Å². The van der Waals surface area contributed by atoms with Gasteiger partial charge in [-0.1, -0.05) is 0 Å². The summed E-state index contributed by atoms with van der Waals surface area (Å²) in [5.41, 5.74) is 3.20. The van der Waals surface area contributed by atoms with Crippen LogP contribution in [0.2, 0.25) is 0 Å². The van der Waals surface area contributed by atoms with Crippen LogP contribution in [0.25, 0.3) is 5.69 Å². The van der Waals surface area contributed by atoms with Gasteiger partial charge in [0.25, 0.3) is 5.91 Å². The molecule has 0 spiro atoms. The number of aromatic nitrogens is 4. The number of tetrazole rings is 1. The fourth-order valence-corrected chi connectivity index (χ4v) is 3.03. The van der Waals surface area contributed by atoms with Crippen LogP contribution in [0.3, 0.4) is 0 Å². The molecule has 0 aliphatic heterocycles. The molecule has 3 aromatic rings. The molecule has 21 heavy (non-hydrogen) atoms. The number of hydrogen-bond donors (Lipinski definition) is 1. The van der Waals surface area contributed by atoms with Gasteiger partial charge in [0.2, 0.25) is 0 Å². The zero-order valence-corrected chi connectivity index (χ0v) is 13.3. The summed E-state index contributed by atoms with van der Waals surface area (Å²) < 4.78 is 2.51. The second-order valence-electron chi connectivity index (χ2n) is 4.35. The van der Waals surface area contributed by atoms with Gasteiger partial charge in [-0.05, 0) is 63.1 Å². The van der Waals surface area contributed by atoms with E-state index in [1.54, 1.807) is 10.7 Å². The highest BCUT2D eigenvalue weighted by atomic mass is 79.9. The van der Waals surface area contributed by atoms with Gasteiger partial charge in [-0.25, -0.2) is 4.68 Å². The van der Waals surface area contributed by atoms with Crippen molar-refractivity contribution < 1.29 is 4.79 Å². The lowest BCUT2D eigenvalue weighted by molar-refractivity contribution is 0.102. The monoisotopic (exact) mass is 363 g/mol. The minimum atomic E-state index is -0.133. The SMILES string of the molecule is Cc1cc(NC(=O)c2csc(Br)c2)ccc1-n1cnnn1. The van der Waals surface area contributed by atoms with Gasteiger partial charge in [0.15, 0.2) is 0 Å². The number of nitrogens with one attached hydrogen (secondary N) is 1. The van der Waals surface area contributed by atoms with Crippen molar-refractivity contribution in [1.29, 1.82) is 0 Å². The average molecular weight is 364 g/mol. The van der Waals surface area contributed by atoms with Crippen LogP contribution in [0, 0.1) is 6.92 Å². The van der Waals surface area contributed by atoms with Crippen LogP contribution in [0.1, 0.15) is 15.9 Å². The van der Waals surface area contributed by atoms with Crippen molar-refractivity contribution in [3.63, 3.8) is 0 Å². The Kier molecular flexibility index (Phi) is 3.80. The predicted molar refractivity (Wildman–Crippen MR) is 83.9 cm³/mol. The highest BCUT2D eigenvalue weighted by Crippen LogP contribution is 2.22. The second-order valence-corrected chi connectivity index (χ2v) is 6.64. The Morgan fingerprint density at radius 1 is 1.38 bits per heavy atom. The molecule has 106 valence electrons. The lowest BCUT2D eigenvalue weighted by Gasteiger charge is -2.08. The molecule has 0 aliphatic rings. The van der Waals surface area contributed by atoms with E-state index >= 15 is 0 Å². The fourth-order valence-electron chi connectivity index (χ4n) is 1.89. The van der Waals surface area contributed by atoms with Crippen LogP contribution in [0.4, 0.5) is 5.69 Å². The van der Waals surface area contributed by atoms with Crippen molar-refractivity contribution in [3.05, 3.63) is 50.9 Å². The summed E-state index contributed by atoms with van der Waals surface area (Å²) in [5.74, 6) is -0.133. The quantitative estimate of drug-likeness (QED) is 0.775. The summed E-state index contributed by atoms with van der Waals surface area (Å²) in [6.45, 7) is 1.94. The van der Waals surface area contributed by atoms with Crippen LogP contribution in [0.5, 0.6) is 0 Å². The number of carbonyl (C=O) groups is 1. The molecule has 3 rings (SSSR count). The molecule has 0 bridgehead atoms. The number of hydrogen-bond acceptors (Lipinski definition) is 5. The Morgan fingerprint density at radius 2 is 2.24 bits per heavy atom. The van der Waals surface area contributed by atoms with Crippen molar-refractivity contribution in [3.8, 4) is 5.69 Å². The van der Waals surface area contributed by atoms with E-state index in [1.165, 1.54) is 17.7 Å². The smallest absolute Gasteiger partial charge is 0.256 e. The lowest BCUT2D eigenvalue weighted by Crippen LogP contribution is -2.11. The molecular formula is C13H10BrN5OS. The van der Waals surface area contributed by atoms with Crippen molar-refractivity contribution in [2.24, 2.45) is 0 Å². The molecule has 8 heteroatoms. The van der Waals surface area contributed by atoms with Crippen LogP contribution in [-0.2, 0) is 0 Å². The van der Waals surface area contributed by atoms with E-state index in [2.05, 4.69) is 36.8 Å². The number of thiophene rings is 1. The zero-order valence-electron chi connectivity index (χ0n) is 10.9. The minimum Gasteiger partial charge on any atom is -0.322 e. The first-order chi connectivity index (χ1) is 10.1. The molecule has 0 saturated heterocycles. The van der Waals surface area contributed by atoms with Gasteiger partial charge < -0.3 is 5.32 Å². The predicted octanol–water partition coefficient (Wildman–Crippen LogP) is 3.05. The van der Waals surface area contributed by atoms with E-state index in [-0.39, 0.29) is 5.91 Å². The van der Waals surface area contributed by atoms with Crippen LogP contribution >= 0.6 is 27.3 Å². The Bertz CT molecular complexity index is 784. The highest BCUT2D eigenvalue weighted by molar-refractivity contribution is 9.11. The Morgan fingerprint density at radius 3 is 2.86 bits per heavy atom. The summed E-state index contributed by atoms with van der Waals surface area (Å²) in [7, 11) is 0. The van der Waals surface area contributed by atoms with Gasteiger partial charge >= 0.3 is 0 Å². The number of carbonyl (C=O) groups excluding carboxylic acids is 1. The van der Waals surface area contributed by atoms with Gasteiger partial charge in [-0.15, -0.1) is 16.4 Å². The molecule has 1 N–H and O–H groups in total. The van der Waals surface area contributed by atoms with Crippen molar-refractivity contribution in [2.45, 2.75) is 6.92 Å². The van der Waals surface area contributed by atoms with Gasteiger partial charge in [0.1, 0.15) is 6.33 Å². The number of benzene rings is 1. The van der Waals surface area contributed by atoms with E-state index in [1.807, 2.05) is 30.5 Å². The van der Waals surface area contributed by atoms with Gasteiger partial charge in [-0.3, -0.25) is 4.79 Å². The summed E-state index contributed by atoms with van der Waals surface area (Å²) in [4.78, 5) is 12.1.